The van der Waals surface area contributed by atoms with Crippen molar-refractivity contribution in [3.63, 3.8) is 0 Å². The summed E-state index contributed by atoms with van der Waals surface area (Å²) in [6.45, 7) is 8.23. The number of hydrogen-bond donors (Lipinski definition) is 1. The smallest absolute Gasteiger partial charge is 0.0433 e. The van der Waals surface area contributed by atoms with Gasteiger partial charge < -0.3 is 5.11 Å². The summed E-state index contributed by atoms with van der Waals surface area (Å²) in [6, 6.07) is 0. The molecule has 0 saturated carbocycles. The zero-order valence-corrected chi connectivity index (χ0v) is 8.21. The summed E-state index contributed by atoms with van der Waals surface area (Å²) in [4.78, 5) is 0. The van der Waals surface area contributed by atoms with E-state index in [1.807, 2.05) is 6.08 Å². The molecule has 1 nitrogen and oxygen atoms in total. The molecule has 0 aliphatic heterocycles. The Morgan fingerprint density at radius 2 is 2.17 bits per heavy atom. The third kappa shape index (κ3) is 6.17. The van der Waals surface area contributed by atoms with E-state index in [-0.39, 0.29) is 0 Å². The van der Waals surface area contributed by atoms with Gasteiger partial charge in [0.05, 0.1) is 0 Å². The van der Waals surface area contributed by atoms with Gasteiger partial charge in [-0.3, -0.25) is 0 Å². The van der Waals surface area contributed by atoms with Crippen molar-refractivity contribution < 1.29 is 5.11 Å². The molecule has 0 heterocycles. The molecule has 1 N–H and O–H groups in total. The van der Waals surface area contributed by atoms with Gasteiger partial charge in [-0.1, -0.05) is 31.2 Å². The van der Waals surface area contributed by atoms with Crippen LogP contribution in [-0.2, 0) is 0 Å². The van der Waals surface area contributed by atoms with E-state index in [0.29, 0.717) is 12.5 Å². The topological polar surface area (TPSA) is 20.2 Å². The van der Waals surface area contributed by atoms with E-state index in [9.17, 15) is 0 Å². The highest BCUT2D eigenvalue weighted by molar-refractivity contribution is 5.12. The fourth-order valence-electron chi connectivity index (χ4n) is 1.04. The van der Waals surface area contributed by atoms with Crippen molar-refractivity contribution >= 4 is 0 Å². The average molecular weight is 168 g/mol. The number of aliphatic hydroxyl groups is 1. The first-order valence-corrected chi connectivity index (χ1v) is 4.60. The van der Waals surface area contributed by atoms with Crippen molar-refractivity contribution in [1.29, 1.82) is 0 Å². The molecule has 0 aliphatic carbocycles. The zero-order valence-electron chi connectivity index (χ0n) is 8.21. The van der Waals surface area contributed by atoms with Crippen LogP contribution >= 0.6 is 0 Å². The maximum atomic E-state index is 8.66. The van der Waals surface area contributed by atoms with Crippen LogP contribution in [0, 0.1) is 5.92 Å². The minimum absolute atomic E-state index is 0.311. The van der Waals surface area contributed by atoms with E-state index in [0.717, 1.165) is 19.3 Å². The van der Waals surface area contributed by atoms with Crippen molar-refractivity contribution in [3.05, 3.63) is 24.3 Å². The summed E-state index contributed by atoms with van der Waals surface area (Å²) in [5.74, 6) is 0.629. The van der Waals surface area contributed by atoms with Gasteiger partial charge in [-0.05, 0) is 32.1 Å². The number of allylic oxidation sites excluding steroid dienone is 3. The van der Waals surface area contributed by atoms with Gasteiger partial charge in [-0.15, -0.1) is 0 Å². The van der Waals surface area contributed by atoms with Gasteiger partial charge in [-0.2, -0.15) is 0 Å². The highest BCUT2D eigenvalue weighted by Crippen LogP contribution is 2.10. The minimum Gasteiger partial charge on any atom is -0.396 e. The molecule has 0 aliphatic rings. The number of hydrogen-bond acceptors (Lipinski definition) is 1. The molecule has 12 heavy (non-hydrogen) atoms. The molecule has 1 unspecified atom stereocenters. The lowest BCUT2D eigenvalue weighted by molar-refractivity contribution is 0.259. The second-order valence-electron chi connectivity index (χ2n) is 3.35. The number of aliphatic hydroxyl groups excluding tert-OH is 1. The summed E-state index contributed by atoms with van der Waals surface area (Å²) >= 11 is 0. The summed E-state index contributed by atoms with van der Waals surface area (Å²) in [7, 11) is 0. The van der Waals surface area contributed by atoms with Gasteiger partial charge >= 0.3 is 0 Å². The van der Waals surface area contributed by atoms with E-state index in [1.165, 1.54) is 5.57 Å². The van der Waals surface area contributed by atoms with Gasteiger partial charge in [0, 0.05) is 6.61 Å². The lowest BCUT2D eigenvalue weighted by atomic mass is 10.0. The van der Waals surface area contributed by atoms with Crippen molar-refractivity contribution in [2.24, 2.45) is 5.92 Å². The predicted octanol–water partition coefficient (Wildman–Crippen LogP) is 2.92. The van der Waals surface area contributed by atoms with Crippen LogP contribution in [0.3, 0.4) is 0 Å². The van der Waals surface area contributed by atoms with Crippen LogP contribution in [0.4, 0.5) is 0 Å². The first-order valence-electron chi connectivity index (χ1n) is 4.60. The maximum absolute atomic E-state index is 8.66. The van der Waals surface area contributed by atoms with Crippen LogP contribution in [0.15, 0.2) is 24.3 Å². The third-order valence-corrected chi connectivity index (χ3v) is 2.07. The van der Waals surface area contributed by atoms with Crippen molar-refractivity contribution in [1.82, 2.24) is 0 Å². The molecule has 0 rings (SSSR count). The minimum atomic E-state index is 0.311. The van der Waals surface area contributed by atoms with E-state index in [2.05, 4.69) is 26.5 Å². The first-order chi connectivity index (χ1) is 5.70. The molecule has 0 radical (unpaired) electrons. The molecule has 0 spiro atoms. The van der Waals surface area contributed by atoms with E-state index < -0.39 is 0 Å². The molecule has 0 aromatic heterocycles. The van der Waals surface area contributed by atoms with Crippen molar-refractivity contribution in [3.8, 4) is 0 Å². The fraction of sp³-hybridized carbons (Fsp3) is 0.636. The quantitative estimate of drug-likeness (QED) is 0.605. The first kappa shape index (κ1) is 11.4. The Balaban J connectivity index is 3.48. The molecular weight excluding hydrogens is 148 g/mol. The molecule has 0 saturated heterocycles. The molecule has 70 valence electrons. The predicted molar refractivity (Wildman–Crippen MR) is 54.1 cm³/mol. The Morgan fingerprint density at radius 3 is 2.67 bits per heavy atom. The van der Waals surface area contributed by atoms with Crippen LogP contribution in [0.1, 0.15) is 33.1 Å². The molecular formula is C11H20O. The lowest BCUT2D eigenvalue weighted by Gasteiger charge is -2.06. The van der Waals surface area contributed by atoms with Crippen LogP contribution in [-0.4, -0.2) is 11.7 Å². The highest BCUT2D eigenvalue weighted by Gasteiger charge is 1.98. The Hall–Kier alpha value is -0.560. The van der Waals surface area contributed by atoms with Crippen LogP contribution in [0.25, 0.3) is 0 Å². The van der Waals surface area contributed by atoms with E-state index in [4.69, 9.17) is 5.11 Å². The SMILES string of the molecule is C=C/C(C)=C\CCC(C)CCO. The third-order valence-electron chi connectivity index (χ3n) is 2.07. The van der Waals surface area contributed by atoms with Gasteiger partial charge in [-0.25, -0.2) is 0 Å². The maximum Gasteiger partial charge on any atom is 0.0433 e. The van der Waals surface area contributed by atoms with Crippen LogP contribution < -0.4 is 0 Å². The fourth-order valence-corrected chi connectivity index (χ4v) is 1.04. The summed E-state index contributed by atoms with van der Waals surface area (Å²) in [6.07, 6.45) is 7.24. The molecule has 0 aromatic rings. The molecule has 1 atom stereocenters. The Labute approximate surface area is 75.8 Å². The van der Waals surface area contributed by atoms with Crippen molar-refractivity contribution in [2.75, 3.05) is 6.61 Å². The molecule has 1 heteroatoms. The second-order valence-corrected chi connectivity index (χ2v) is 3.35. The van der Waals surface area contributed by atoms with Gasteiger partial charge in [0.25, 0.3) is 0 Å². The summed E-state index contributed by atoms with van der Waals surface area (Å²) in [5, 5.41) is 8.66. The monoisotopic (exact) mass is 168 g/mol. The normalized spacial score (nSPS) is 14.4. The molecule has 0 aromatic carbocycles. The summed E-state index contributed by atoms with van der Waals surface area (Å²) < 4.78 is 0. The molecule has 0 fully saturated rings. The zero-order chi connectivity index (χ0) is 9.40. The van der Waals surface area contributed by atoms with Gasteiger partial charge in [0.2, 0.25) is 0 Å². The molecule has 0 bridgehead atoms. The van der Waals surface area contributed by atoms with Gasteiger partial charge in [0.15, 0.2) is 0 Å². The van der Waals surface area contributed by atoms with E-state index in [1.54, 1.807) is 0 Å². The van der Waals surface area contributed by atoms with Crippen LogP contribution in [0.5, 0.6) is 0 Å². The highest BCUT2D eigenvalue weighted by atomic mass is 16.2. The van der Waals surface area contributed by atoms with E-state index >= 15 is 0 Å². The second kappa shape index (κ2) is 7.11. The largest absolute Gasteiger partial charge is 0.396 e. The summed E-state index contributed by atoms with van der Waals surface area (Å²) in [5.41, 5.74) is 1.24. The average Bonchev–Trinajstić information content (AvgIpc) is 2.04. The van der Waals surface area contributed by atoms with Crippen molar-refractivity contribution in [2.45, 2.75) is 33.1 Å². The Morgan fingerprint density at radius 1 is 1.50 bits per heavy atom. The lowest BCUT2D eigenvalue weighted by Crippen LogP contribution is -1.96. The Kier molecular flexibility index (Phi) is 6.78. The van der Waals surface area contributed by atoms with Crippen LogP contribution in [0.2, 0.25) is 0 Å². The Bertz CT molecular complexity index is 147. The number of rotatable bonds is 6. The standard InChI is InChI=1S/C11H20O/c1-4-10(2)6-5-7-11(3)8-9-12/h4,6,11-12H,1,5,7-9H2,2-3H3/b10-6-. The molecule has 0 amide bonds. The van der Waals surface area contributed by atoms with Gasteiger partial charge in [0.1, 0.15) is 0 Å².